The molecule has 2 aromatic rings. The molecule has 0 aliphatic rings. The highest BCUT2D eigenvalue weighted by Crippen LogP contribution is 2.37. The van der Waals surface area contributed by atoms with E-state index in [0.717, 1.165) is 20.3 Å². The van der Waals surface area contributed by atoms with Crippen molar-refractivity contribution in [1.82, 2.24) is 4.98 Å². The lowest BCUT2D eigenvalue weighted by molar-refractivity contribution is 0.408. The van der Waals surface area contributed by atoms with E-state index in [-0.39, 0.29) is 6.04 Å². The van der Waals surface area contributed by atoms with Crippen molar-refractivity contribution in [1.29, 1.82) is 0 Å². The molecule has 0 saturated carbocycles. The van der Waals surface area contributed by atoms with Crippen molar-refractivity contribution in [2.24, 2.45) is 5.73 Å². The fourth-order valence-corrected chi connectivity index (χ4v) is 2.47. The number of nitrogens with zero attached hydrogens (tertiary/aromatic N) is 1. The van der Waals surface area contributed by atoms with Gasteiger partial charge in [0.15, 0.2) is 0 Å². The first-order valence-corrected chi connectivity index (χ1v) is 7.52. The van der Waals surface area contributed by atoms with E-state index in [0.29, 0.717) is 11.6 Å². The number of hydrogen-bond acceptors (Lipinski definition) is 4. The van der Waals surface area contributed by atoms with Gasteiger partial charge in [-0.25, -0.2) is 4.98 Å². The maximum Gasteiger partial charge on any atom is 0.219 e. The Morgan fingerprint density at radius 2 is 1.80 bits per heavy atom. The third-order valence-corrected chi connectivity index (χ3v) is 3.95. The summed E-state index contributed by atoms with van der Waals surface area (Å²) < 4.78 is 12.5. The van der Waals surface area contributed by atoms with Crippen LogP contribution in [0, 0.1) is 0 Å². The summed E-state index contributed by atoms with van der Waals surface area (Å²) in [6.07, 6.45) is 1.71. The Balaban J connectivity index is 2.23. The smallest absolute Gasteiger partial charge is 0.219 e. The van der Waals surface area contributed by atoms with E-state index >= 15 is 0 Å². The van der Waals surface area contributed by atoms with Gasteiger partial charge in [-0.3, -0.25) is 0 Å². The molecule has 4 nitrogen and oxygen atoms in total. The number of halogens is 2. The quantitative estimate of drug-likeness (QED) is 0.823. The standard InChI is InChI=1S/C14H14Br2N2O2/c1-8(17)9-3-4-14(18-7-9)20-13-6-10(15)12(19-2)5-11(13)16/h3-8H,17H2,1-2H3/t8-/m0/s1. The van der Waals surface area contributed by atoms with Crippen LogP contribution in [-0.4, -0.2) is 12.1 Å². The maximum absolute atomic E-state index is 5.78. The van der Waals surface area contributed by atoms with Crippen LogP contribution in [0.25, 0.3) is 0 Å². The number of benzene rings is 1. The Bertz CT molecular complexity index is 601. The van der Waals surface area contributed by atoms with Gasteiger partial charge in [-0.05, 0) is 56.5 Å². The average Bonchev–Trinajstić information content (AvgIpc) is 2.43. The minimum absolute atomic E-state index is 0.0431. The zero-order valence-electron chi connectivity index (χ0n) is 11.1. The van der Waals surface area contributed by atoms with E-state index < -0.39 is 0 Å². The molecular formula is C14H14Br2N2O2. The Kier molecular flexibility index (Phi) is 5.01. The molecule has 1 aromatic heterocycles. The van der Waals surface area contributed by atoms with Crippen molar-refractivity contribution in [2.45, 2.75) is 13.0 Å². The number of nitrogens with two attached hydrogens (primary N) is 1. The molecule has 2 rings (SSSR count). The molecule has 0 spiro atoms. The SMILES string of the molecule is COc1cc(Br)c(Oc2ccc([C@H](C)N)cn2)cc1Br. The average molecular weight is 402 g/mol. The highest BCUT2D eigenvalue weighted by molar-refractivity contribution is 9.11. The van der Waals surface area contributed by atoms with Gasteiger partial charge in [-0.1, -0.05) is 6.07 Å². The summed E-state index contributed by atoms with van der Waals surface area (Å²) in [6.45, 7) is 1.91. The van der Waals surface area contributed by atoms with E-state index in [2.05, 4.69) is 36.8 Å². The predicted octanol–water partition coefficient (Wildman–Crippen LogP) is 4.43. The van der Waals surface area contributed by atoms with Crippen molar-refractivity contribution in [3.8, 4) is 17.4 Å². The second kappa shape index (κ2) is 6.56. The molecule has 1 aromatic carbocycles. The summed E-state index contributed by atoms with van der Waals surface area (Å²) in [5.74, 6) is 1.88. The molecule has 20 heavy (non-hydrogen) atoms. The third-order valence-electron chi connectivity index (χ3n) is 2.71. The van der Waals surface area contributed by atoms with Crippen molar-refractivity contribution in [3.05, 3.63) is 45.0 Å². The van der Waals surface area contributed by atoms with Crippen molar-refractivity contribution >= 4 is 31.9 Å². The van der Waals surface area contributed by atoms with Crippen LogP contribution < -0.4 is 15.2 Å². The van der Waals surface area contributed by atoms with Gasteiger partial charge in [0, 0.05) is 18.3 Å². The van der Waals surface area contributed by atoms with Gasteiger partial charge in [-0.15, -0.1) is 0 Å². The van der Waals surface area contributed by atoms with Gasteiger partial charge in [0.25, 0.3) is 0 Å². The van der Waals surface area contributed by atoms with Gasteiger partial charge in [-0.2, -0.15) is 0 Å². The first kappa shape index (κ1) is 15.3. The summed E-state index contributed by atoms with van der Waals surface area (Å²) in [6, 6.07) is 7.31. The number of hydrogen-bond donors (Lipinski definition) is 1. The third kappa shape index (κ3) is 3.50. The number of pyridine rings is 1. The highest BCUT2D eigenvalue weighted by atomic mass is 79.9. The molecule has 0 aliphatic carbocycles. The largest absolute Gasteiger partial charge is 0.496 e. The maximum atomic E-state index is 5.78. The van der Waals surface area contributed by atoms with Crippen LogP contribution >= 0.6 is 31.9 Å². The lowest BCUT2D eigenvalue weighted by Gasteiger charge is -2.11. The Morgan fingerprint density at radius 3 is 2.35 bits per heavy atom. The topological polar surface area (TPSA) is 57.4 Å². The molecule has 0 unspecified atom stereocenters. The molecule has 2 N–H and O–H groups in total. The normalized spacial score (nSPS) is 12.1. The fourth-order valence-electron chi connectivity index (χ4n) is 1.58. The molecule has 0 amide bonds. The van der Waals surface area contributed by atoms with E-state index in [1.807, 2.05) is 25.1 Å². The molecular weight excluding hydrogens is 388 g/mol. The highest BCUT2D eigenvalue weighted by Gasteiger charge is 2.10. The van der Waals surface area contributed by atoms with Gasteiger partial charge in [0.2, 0.25) is 5.88 Å². The van der Waals surface area contributed by atoms with Crippen LogP contribution in [0.2, 0.25) is 0 Å². The second-order valence-electron chi connectivity index (χ2n) is 4.24. The Labute approximate surface area is 134 Å². The molecule has 0 fully saturated rings. The minimum atomic E-state index is -0.0431. The van der Waals surface area contributed by atoms with Crippen molar-refractivity contribution in [2.75, 3.05) is 7.11 Å². The summed E-state index contributed by atoms with van der Waals surface area (Å²) in [5.41, 5.74) is 6.75. The monoisotopic (exact) mass is 400 g/mol. The summed E-state index contributed by atoms with van der Waals surface area (Å²) >= 11 is 6.87. The van der Waals surface area contributed by atoms with Crippen molar-refractivity contribution < 1.29 is 9.47 Å². The zero-order chi connectivity index (χ0) is 14.7. The molecule has 0 bridgehead atoms. The fraction of sp³-hybridized carbons (Fsp3) is 0.214. The molecule has 1 atom stereocenters. The first-order valence-electron chi connectivity index (χ1n) is 5.93. The zero-order valence-corrected chi connectivity index (χ0v) is 14.2. The van der Waals surface area contributed by atoms with Crippen LogP contribution in [0.3, 0.4) is 0 Å². The number of rotatable bonds is 4. The molecule has 6 heteroatoms. The summed E-state index contributed by atoms with van der Waals surface area (Å²) in [7, 11) is 1.61. The summed E-state index contributed by atoms with van der Waals surface area (Å²) in [5, 5.41) is 0. The van der Waals surface area contributed by atoms with Gasteiger partial charge in [0.05, 0.1) is 16.1 Å². The van der Waals surface area contributed by atoms with Crippen LogP contribution in [0.15, 0.2) is 39.4 Å². The lowest BCUT2D eigenvalue weighted by atomic mass is 10.2. The van der Waals surface area contributed by atoms with Crippen LogP contribution in [-0.2, 0) is 0 Å². The Hall–Kier alpha value is -1.11. The number of methoxy groups -OCH3 is 1. The molecule has 0 saturated heterocycles. The van der Waals surface area contributed by atoms with E-state index in [1.54, 1.807) is 19.4 Å². The molecule has 106 valence electrons. The minimum Gasteiger partial charge on any atom is -0.496 e. The summed E-state index contributed by atoms with van der Waals surface area (Å²) in [4.78, 5) is 4.24. The van der Waals surface area contributed by atoms with Gasteiger partial charge >= 0.3 is 0 Å². The Morgan fingerprint density at radius 1 is 1.15 bits per heavy atom. The molecule has 0 radical (unpaired) electrons. The predicted molar refractivity (Wildman–Crippen MR) is 85.3 cm³/mol. The van der Waals surface area contributed by atoms with Crippen LogP contribution in [0.1, 0.15) is 18.5 Å². The van der Waals surface area contributed by atoms with E-state index in [1.165, 1.54) is 0 Å². The van der Waals surface area contributed by atoms with Gasteiger partial charge in [0.1, 0.15) is 11.5 Å². The van der Waals surface area contributed by atoms with E-state index in [9.17, 15) is 0 Å². The van der Waals surface area contributed by atoms with Crippen LogP contribution in [0.5, 0.6) is 17.4 Å². The number of ether oxygens (including phenoxy) is 2. The van der Waals surface area contributed by atoms with Gasteiger partial charge < -0.3 is 15.2 Å². The molecule has 0 aliphatic heterocycles. The van der Waals surface area contributed by atoms with E-state index in [4.69, 9.17) is 15.2 Å². The van der Waals surface area contributed by atoms with Crippen LogP contribution in [0.4, 0.5) is 0 Å². The van der Waals surface area contributed by atoms with Crippen molar-refractivity contribution in [3.63, 3.8) is 0 Å². The molecule has 1 heterocycles. The first-order chi connectivity index (χ1) is 9.51. The number of aromatic nitrogens is 1. The lowest BCUT2D eigenvalue weighted by Crippen LogP contribution is -2.05. The second-order valence-corrected chi connectivity index (χ2v) is 5.95.